The van der Waals surface area contributed by atoms with Crippen LogP contribution in [-0.4, -0.2) is 87.6 Å². The van der Waals surface area contributed by atoms with Crippen LogP contribution in [0.3, 0.4) is 0 Å². The van der Waals surface area contributed by atoms with Crippen LogP contribution in [0.25, 0.3) is 0 Å². The van der Waals surface area contributed by atoms with Crippen molar-refractivity contribution in [1.82, 2.24) is 4.72 Å². The summed E-state index contributed by atoms with van der Waals surface area (Å²) in [4.78, 5) is 22.1. The largest absolute Gasteiger partial charge is 0.481 e. The normalized spacial score (nSPS) is 29.4. The second-order valence-corrected chi connectivity index (χ2v) is 8.37. The Balaban J connectivity index is 2.89. The van der Waals surface area contributed by atoms with E-state index in [4.69, 9.17) is 14.6 Å². The number of carboxylic acids is 1. The minimum Gasteiger partial charge on any atom is -0.481 e. The molecule has 1 rings (SSSR count). The number of nitrogens with two attached hydrogens (primary N) is 1. The van der Waals surface area contributed by atoms with Crippen molar-refractivity contribution in [2.45, 2.75) is 43.5 Å². The molecule has 1 aliphatic rings. The molecule has 0 saturated carbocycles. The number of carboxylic acid groups (broad SMARTS) is 1. The van der Waals surface area contributed by atoms with Gasteiger partial charge in [-0.05, 0) is 0 Å². The topological polar surface area (TPSA) is 229 Å². The second kappa shape index (κ2) is 9.30. The van der Waals surface area contributed by atoms with E-state index in [2.05, 4.69) is 9.32 Å². The van der Waals surface area contributed by atoms with Gasteiger partial charge in [-0.25, -0.2) is 13.6 Å². The van der Waals surface area contributed by atoms with Crippen LogP contribution in [0.2, 0.25) is 0 Å². The minimum absolute atomic E-state index is 0.729. The average molecular weight is 436 g/mol. The highest BCUT2D eigenvalue weighted by molar-refractivity contribution is 8.04. The SMILES string of the molecule is CO[C@H]1O[C@H](COS(N)(=O)=O)[C@@H](O)[C@H](O)[C@H]1NS(=O)(=O)C(=O)CCC(=O)O. The number of rotatable bonds is 9. The lowest BCUT2D eigenvalue weighted by Crippen LogP contribution is -2.65. The van der Waals surface area contributed by atoms with Gasteiger partial charge < -0.3 is 24.8 Å². The Bertz CT molecular complexity index is 749. The van der Waals surface area contributed by atoms with Gasteiger partial charge in [-0.1, -0.05) is 0 Å². The summed E-state index contributed by atoms with van der Waals surface area (Å²) < 4.78 is 61.6. The fourth-order valence-electron chi connectivity index (χ4n) is 2.15. The molecule has 0 aromatic carbocycles. The van der Waals surface area contributed by atoms with Crippen LogP contribution in [0.15, 0.2) is 0 Å². The van der Waals surface area contributed by atoms with E-state index in [0.29, 0.717) is 0 Å². The minimum atomic E-state index is -4.74. The Kier molecular flexibility index (Phi) is 8.20. The molecule has 1 aliphatic heterocycles. The lowest BCUT2D eigenvalue weighted by Gasteiger charge is -2.41. The van der Waals surface area contributed by atoms with E-state index in [0.717, 1.165) is 7.11 Å². The number of hydrogen-bond acceptors (Lipinski definition) is 11. The van der Waals surface area contributed by atoms with Crippen LogP contribution in [-0.2, 0) is 43.6 Å². The quantitative estimate of drug-likeness (QED) is 0.233. The van der Waals surface area contributed by atoms with Gasteiger partial charge in [0, 0.05) is 13.5 Å². The standard InChI is InChI=1S/C11H20N2O12S2/c1-23-11-8(13-26(19,20)7(16)3-2-6(14)15)10(18)9(17)5(25-11)4-24-27(12,21)22/h5,8-11,13,17-18H,2-4H2,1H3,(H,14,15)(H2,12,21,22)/t5-,8-,9-,10-,11+/m1/s1. The predicted octanol–water partition coefficient (Wildman–Crippen LogP) is -4.02. The Hall–Kier alpha value is -1.24. The van der Waals surface area contributed by atoms with Crippen molar-refractivity contribution >= 4 is 31.4 Å². The number of carbonyl (C=O) groups is 2. The number of hydrogen-bond donors (Lipinski definition) is 5. The van der Waals surface area contributed by atoms with Crippen LogP contribution >= 0.6 is 0 Å². The Labute approximate surface area is 154 Å². The number of nitrogens with one attached hydrogen (secondary N) is 1. The molecule has 27 heavy (non-hydrogen) atoms. The fraction of sp³-hybridized carbons (Fsp3) is 0.818. The van der Waals surface area contributed by atoms with E-state index in [1.54, 1.807) is 4.72 Å². The van der Waals surface area contributed by atoms with E-state index < -0.39 is 81.5 Å². The van der Waals surface area contributed by atoms with Crippen LogP contribution < -0.4 is 9.86 Å². The predicted molar refractivity (Wildman–Crippen MR) is 84.5 cm³/mol. The third-order valence-electron chi connectivity index (χ3n) is 3.46. The molecule has 14 nitrogen and oxygen atoms in total. The highest BCUT2D eigenvalue weighted by Gasteiger charge is 2.47. The highest BCUT2D eigenvalue weighted by atomic mass is 32.2. The van der Waals surface area contributed by atoms with Gasteiger partial charge in [0.2, 0.25) is 0 Å². The van der Waals surface area contributed by atoms with Crippen LogP contribution in [0.5, 0.6) is 0 Å². The fourth-order valence-corrected chi connectivity index (χ4v) is 3.58. The van der Waals surface area contributed by atoms with Gasteiger partial charge in [-0.3, -0.25) is 13.8 Å². The summed E-state index contributed by atoms with van der Waals surface area (Å²) in [5.41, 5.74) is 0. The van der Waals surface area contributed by atoms with Crippen molar-refractivity contribution in [3.8, 4) is 0 Å². The number of methoxy groups -OCH3 is 1. The molecule has 1 heterocycles. The van der Waals surface area contributed by atoms with Gasteiger partial charge in [0.15, 0.2) is 6.29 Å². The lowest BCUT2D eigenvalue weighted by molar-refractivity contribution is -0.258. The number of sulfonamides is 1. The van der Waals surface area contributed by atoms with E-state index in [1.165, 1.54) is 0 Å². The van der Waals surface area contributed by atoms with E-state index in [9.17, 15) is 36.6 Å². The van der Waals surface area contributed by atoms with Gasteiger partial charge in [-0.15, -0.1) is 0 Å². The van der Waals surface area contributed by atoms with Gasteiger partial charge >= 0.3 is 16.3 Å². The summed E-state index contributed by atoms with van der Waals surface area (Å²) in [6, 6.07) is -1.66. The van der Waals surface area contributed by atoms with Gasteiger partial charge in [-0.2, -0.15) is 13.1 Å². The molecule has 0 aromatic heterocycles. The molecule has 0 aromatic rings. The Morgan fingerprint density at radius 2 is 1.74 bits per heavy atom. The summed E-state index contributed by atoms with van der Waals surface area (Å²) in [5, 5.41) is 31.8. The van der Waals surface area contributed by atoms with Gasteiger partial charge in [0.1, 0.15) is 24.4 Å². The van der Waals surface area contributed by atoms with Gasteiger partial charge in [0.05, 0.1) is 13.0 Å². The summed E-state index contributed by atoms with van der Waals surface area (Å²) in [6.07, 6.45) is -8.27. The zero-order valence-corrected chi connectivity index (χ0v) is 15.6. The van der Waals surface area contributed by atoms with E-state index in [-0.39, 0.29) is 0 Å². The molecule has 0 bridgehead atoms. The average Bonchev–Trinajstić information content (AvgIpc) is 2.55. The lowest BCUT2D eigenvalue weighted by atomic mass is 9.98. The number of aliphatic hydroxyl groups is 2. The first-order valence-corrected chi connectivity index (χ1v) is 10.2. The smallest absolute Gasteiger partial charge is 0.333 e. The number of ether oxygens (including phenoxy) is 2. The first kappa shape index (κ1) is 23.8. The summed E-state index contributed by atoms with van der Waals surface area (Å²) in [6.45, 7) is -0.798. The molecular formula is C11H20N2O12S2. The molecule has 1 saturated heterocycles. The molecule has 0 spiro atoms. The molecule has 0 amide bonds. The first-order valence-electron chi connectivity index (χ1n) is 7.27. The maximum absolute atomic E-state index is 12.0. The van der Waals surface area contributed by atoms with Gasteiger partial charge in [0.25, 0.3) is 15.1 Å². The number of carbonyl (C=O) groups excluding carboxylic acids is 1. The molecule has 0 radical (unpaired) electrons. The van der Waals surface area contributed by atoms with Crippen molar-refractivity contribution in [1.29, 1.82) is 0 Å². The number of aliphatic hydroxyl groups excluding tert-OH is 2. The maximum Gasteiger partial charge on any atom is 0.333 e. The third kappa shape index (κ3) is 7.01. The first-order chi connectivity index (χ1) is 12.3. The van der Waals surface area contributed by atoms with Crippen LogP contribution in [0.4, 0.5) is 0 Å². The van der Waals surface area contributed by atoms with E-state index in [1.807, 2.05) is 0 Å². The molecule has 0 unspecified atom stereocenters. The zero-order chi connectivity index (χ0) is 21.0. The summed E-state index contributed by atoms with van der Waals surface area (Å²) >= 11 is 0. The Morgan fingerprint density at radius 3 is 2.22 bits per heavy atom. The monoisotopic (exact) mass is 436 g/mol. The summed E-state index contributed by atoms with van der Waals surface area (Å²) in [5.74, 6) is -1.39. The number of aliphatic carboxylic acids is 1. The zero-order valence-electron chi connectivity index (χ0n) is 13.9. The molecule has 1 fully saturated rings. The Morgan fingerprint density at radius 1 is 1.15 bits per heavy atom. The van der Waals surface area contributed by atoms with Crippen molar-refractivity contribution in [2.24, 2.45) is 5.14 Å². The third-order valence-corrected chi connectivity index (χ3v) is 5.31. The van der Waals surface area contributed by atoms with Crippen molar-refractivity contribution < 1.29 is 55.4 Å². The van der Waals surface area contributed by atoms with Crippen molar-refractivity contribution in [3.05, 3.63) is 0 Å². The van der Waals surface area contributed by atoms with Crippen molar-refractivity contribution in [3.63, 3.8) is 0 Å². The molecule has 6 N–H and O–H groups in total. The van der Waals surface area contributed by atoms with Crippen molar-refractivity contribution in [2.75, 3.05) is 13.7 Å². The molecule has 0 aliphatic carbocycles. The molecule has 5 atom stereocenters. The molecule has 158 valence electrons. The second-order valence-electron chi connectivity index (χ2n) is 5.45. The maximum atomic E-state index is 12.0. The van der Waals surface area contributed by atoms with Crippen LogP contribution in [0.1, 0.15) is 12.8 Å². The van der Waals surface area contributed by atoms with Crippen LogP contribution in [0, 0.1) is 0 Å². The highest BCUT2D eigenvalue weighted by Crippen LogP contribution is 2.23. The molecular weight excluding hydrogens is 416 g/mol. The molecule has 16 heteroatoms. The summed E-state index contributed by atoms with van der Waals surface area (Å²) in [7, 11) is -8.06. The van der Waals surface area contributed by atoms with E-state index >= 15 is 0 Å².